The second kappa shape index (κ2) is 5.40. The fourth-order valence-electron chi connectivity index (χ4n) is 1.89. The number of nitrogens with one attached hydrogen (secondary N) is 1. The SMILES string of the molecule is O=C(Nc1ccccc1)c1cnn(-c2ccccc2)c1. The number of benzene rings is 2. The van der Waals surface area contributed by atoms with Crippen molar-refractivity contribution >= 4 is 11.6 Å². The van der Waals surface area contributed by atoms with Crippen LogP contribution in [-0.2, 0) is 0 Å². The summed E-state index contributed by atoms with van der Waals surface area (Å²) in [6.07, 6.45) is 3.28. The van der Waals surface area contributed by atoms with E-state index in [1.165, 1.54) is 0 Å². The Morgan fingerprint density at radius 1 is 0.950 bits per heavy atom. The Balaban J connectivity index is 1.79. The summed E-state index contributed by atoms with van der Waals surface area (Å²) in [4.78, 5) is 12.1. The number of anilines is 1. The third-order valence-corrected chi connectivity index (χ3v) is 2.90. The molecular formula is C16H13N3O. The van der Waals surface area contributed by atoms with Gasteiger partial charge in [-0.15, -0.1) is 0 Å². The molecule has 1 amide bonds. The van der Waals surface area contributed by atoms with Crippen LogP contribution in [0.5, 0.6) is 0 Å². The summed E-state index contributed by atoms with van der Waals surface area (Å²) in [7, 11) is 0. The van der Waals surface area contributed by atoms with E-state index >= 15 is 0 Å². The fraction of sp³-hybridized carbons (Fsp3) is 0. The molecule has 3 rings (SSSR count). The summed E-state index contributed by atoms with van der Waals surface area (Å²) >= 11 is 0. The lowest BCUT2D eigenvalue weighted by molar-refractivity contribution is 0.102. The van der Waals surface area contributed by atoms with Gasteiger partial charge in [0.05, 0.1) is 17.4 Å². The van der Waals surface area contributed by atoms with Gasteiger partial charge in [0, 0.05) is 11.9 Å². The van der Waals surface area contributed by atoms with E-state index in [0.29, 0.717) is 5.56 Å². The average molecular weight is 263 g/mol. The molecule has 0 radical (unpaired) electrons. The van der Waals surface area contributed by atoms with Crippen molar-refractivity contribution in [2.75, 3.05) is 5.32 Å². The first-order chi connectivity index (χ1) is 9.83. The van der Waals surface area contributed by atoms with Crippen LogP contribution in [0.4, 0.5) is 5.69 Å². The molecule has 0 atom stereocenters. The van der Waals surface area contributed by atoms with E-state index < -0.39 is 0 Å². The number of nitrogens with zero attached hydrogens (tertiary/aromatic N) is 2. The summed E-state index contributed by atoms with van der Waals surface area (Å²) in [5, 5.41) is 7.04. The molecule has 4 heteroatoms. The van der Waals surface area contributed by atoms with Crippen molar-refractivity contribution < 1.29 is 4.79 Å². The largest absolute Gasteiger partial charge is 0.322 e. The normalized spacial score (nSPS) is 10.2. The summed E-state index contributed by atoms with van der Waals surface area (Å²) in [6.45, 7) is 0. The predicted molar refractivity (Wildman–Crippen MR) is 78.0 cm³/mol. The minimum absolute atomic E-state index is 0.168. The lowest BCUT2D eigenvalue weighted by atomic mass is 10.3. The van der Waals surface area contributed by atoms with E-state index in [2.05, 4.69) is 10.4 Å². The van der Waals surface area contributed by atoms with Crippen LogP contribution in [0.25, 0.3) is 5.69 Å². The van der Waals surface area contributed by atoms with Gasteiger partial charge in [0.15, 0.2) is 0 Å². The molecule has 20 heavy (non-hydrogen) atoms. The molecule has 0 aliphatic rings. The van der Waals surface area contributed by atoms with Crippen LogP contribution in [0.15, 0.2) is 73.1 Å². The molecule has 0 unspecified atom stereocenters. The van der Waals surface area contributed by atoms with E-state index in [1.807, 2.05) is 60.7 Å². The molecule has 2 aromatic carbocycles. The van der Waals surface area contributed by atoms with Gasteiger partial charge >= 0.3 is 0 Å². The van der Waals surface area contributed by atoms with Crippen molar-refractivity contribution in [3.05, 3.63) is 78.6 Å². The zero-order chi connectivity index (χ0) is 13.8. The smallest absolute Gasteiger partial charge is 0.258 e. The number of carbonyl (C=O) groups is 1. The Morgan fingerprint density at radius 3 is 2.30 bits per heavy atom. The Morgan fingerprint density at radius 2 is 1.60 bits per heavy atom. The van der Waals surface area contributed by atoms with Gasteiger partial charge in [0.1, 0.15) is 0 Å². The van der Waals surface area contributed by atoms with Crippen LogP contribution >= 0.6 is 0 Å². The second-order valence-electron chi connectivity index (χ2n) is 4.33. The number of hydrogen-bond acceptors (Lipinski definition) is 2. The molecule has 0 aliphatic heterocycles. The maximum atomic E-state index is 12.1. The highest BCUT2D eigenvalue weighted by Gasteiger charge is 2.09. The predicted octanol–water partition coefficient (Wildman–Crippen LogP) is 3.12. The maximum Gasteiger partial charge on any atom is 0.258 e. The molecule has 0 saturated heterocycles. The van der Waals surface area contributed by atoms with Crippen molar-refractivity contribution in [2.24, 2.45) is 0 Å². The van der Waals surface area contributed by atoms with Gasteiger partial charge in [-0.25, -0.2) is 4.68 Å². The van der Waals surface area contributed by atoms with Crippen molar-refractivity contribution in [3.63, 3.8) is 0 Å². The van der Waals surface area contributed by atoms with Crippen LogP contribution in [0.3, 0.4) is 0 Å². The quantitative estimate of drug-likeness (QED) is 0.789. The van der Waals surface area contributed by atoms with Gasteiger partial charge < -0.3 is 5.32 Å². The van der Waals surface area contributed by atoms with Crippen LogP contribution in [0.2, 0.25) is 0 Å². The highest BCUT2D eigenvalue weighted by atomic mass is 16.1. The Bertz CT molecular complexity index is 705. The molecule has 0 fully saturated rings. The first-order valence-electron chi connectivity index (χ1n) is 6.29. The molecular weight excluding hydrogens is 250 g/mol. The summed E-state index contributed by atoms with van der Waals surface area (Å²) in [5.74, 6) is -0.168. The molecule has 1 aromatic heterocycles. The topological polar surface area (TPSA) is 46.9 Å². The Kier molecular flexibility index (Phi) is 3.29. The lowest BCUT2D eigenvalue weighted by Crippen LogP contribution is -2.10. The van der Waals surface area contributed by atoms with Crippen molar-refractivity contribution in [1.82, 2.24) is 9.78 Å². The van der Waals surface area contributed by atoms with E-state index in [1.54, 1.807) is 17.1 Å². The van der Waals surface area contributed by atoms with Crippen LogP contribution in [0, 0.1) is 0 Å². The summed E-state index contributed by atoms with van der Waals surface area (Å²) < 4.78 is 1.68. The number of amides is 1. The van der Waals surface area contributed by atoms with Gasteiger partial charge in [0.25, 0.3) is 5.91 Å². The lowest BCUT2D eigenvalue weighted by Gasteiger charge is -2.02. The standard InChI is InChI=1S/C16H13N3O/c20-16(18-14-7-3-1-4-8-14)13-11-17-19(12-13)15-9-5-2-6-10-15/h1-12H,(H,18,20). The van der Waals surface area contributed by atoms with E-state index in [-0.39, 0.29) is 5.91 Å². The minimum Gasteiger partial charge on any atom is -0.322 e. The molecule has 98 valence electrons. The Hall–Kier alpha value is -2.88. The van der Waals surface area contributed by atoms with Gasteiger partial charge in [-0.05, 0) is 24.3 Å². The zero-order valence-electron chi connectivity index (χ0n) is 10.7. The molecule has 0 bridgehead atoms. The number of hydrogen-bond donors (Lipinski definition) is 1. The van der Waals surface area contributed by atoms with Crippen LogP contribution in [-0.4, -0.2) is 15.7 Å². The Labute approximate surface area is 116 Å². The molecule has 1 N–H and O–H groups in total. The third kappa shape index (κ3) is 2.59. The monoisotopic (exact) mass is 263 g/mol. The third-order valence-electron chi connectivity index (χ3n) is 2.90. The van der Waals surface area contributed by atoms with E-state index in [4.69, 9.17) is 0 Å². The van der Waals surface area contributed by atoms with Crippen LogP contribution in [0.1, 0.15) is 10.4 Å². The van der Waals surface area contributed by atoms with E-state index in [9.17, 15) is 4.79 Å². The fourth-order valence-corrected chi connectivity index (χ4v) is 1.89. The number of aromatic nitrogens is 2. The summed E-state index contributed by atoms with van der Waals surface area (Å²) in [5.41, 5.74) is 2.22. The van der Waals surface area contributed by atoms with E-state index in [0.717, 1.165) is 11.4 Å². The maximum absolute atomic E-state index is 12.1. The van der Waals surface area contributed by atoms with Gasteiger partial charge in [-0.1, -0.05) is 36.4 Å². The van der Waals surface area contributed by atoms with Crippen molar-refractivity contribution in [3.8, 4) is 5.69 Å². The number of para-hydroxylation sites is 2. The summed E-state index contributed by atoms with van der Waals surface area (Å²) in [6, 6.07) is 19.0. The van der Waals surface area contributed by atoms with Crippen molar-refractivity contribution in [2.45, 2.75) is 0 Å². The average Bonchev–Trinajstić information content (AvgIpc) is 2.99. The first-order valence-corrected chi connectivity index (χ1v) is 6.29. The van der Waals surface area contributed by atoms with Gasteiger partial charge in [0.2, 0.25) is 0 Å². The van der Waals surface area contributed by atoms with Gasteiger partial charge in [-0.3, -0.25) is 4.79 Å². The molecule has 4 nitrogen and oxygen atoms in total. The second-order valence-corrected chi connectivity index (χ2v) is 4.33. The minimum atomic E-state index is -0.168. The van der Waals surface area contributed by atoms with Crippen LogP contribution < -0.4 is 5.32 Å². The molecule has 3 aromatic rings. The van der Waals surface area contributed by atoms with Gasteiger partial charge in [-0.2, -0.15) is 5.10 Å². The number of carbonyl (C=O) groups excluding carboxylic acids is 1. The zero-order valence-corrected chi connectivity index (χ0v) is 10.7. The molecule has 1 heterocycles. The molecule has 0 saturated carbocycles. The highest BCUT2D eigenvalue weighted by molar-refractivity contribution is 6.03. The highest BCUT2D eigenvalue weighted by Crippen LogP contribution is 2.10. The number of rotatable bonds is 3. The first kappa shape index (κ1) is 12.2. The van der Waals surface area contributed by atoms with Crippen molar-refractivity contribution in [1.29, 1.82) is 0 Å². The molecule has 0 aliphatic carbocycles. The molecule has 0 spiro atoms.